The first kappa shape index (κ1) is 14.3. The number of pyridine rings is 1. The van der Waals surface area contributed by atoms with Gasteiger partial charge in [0.2, 0.25) is 0 Å². The quantitative estimate of drug-likeness (QED) is 0.873. The van der Waals surface area contributed by atoms with Crippen LogP contribution in [0.2, 0.25) is 0 Å². The fraction of sp³-hybridized carbons (Fsp3) is 0.667. The maximum atomic E-state index is 9.77. The van der Waals surface area contributed by atoms with Gasteiger partial charge in [-0.3, -0.25) is 4.98 Å². The molecule has 1 aromatic rings. The van der Waals surface area contributed by atoms with E-state index in [1.54, 1.807) is 6.07 Å². The van der Waals surface area contributed by atoms with E-state index in [-0.39, 0.29) is 5.75 Å². The molecule has 1 aromatic heterocycles. The second-order valence-electron chi connectivity index (χ2n) is 5.70. The van der Waals surface area contributed by atoms with Gasteiger partial charge in [0, 0.05) is 24.3 Å². The topological polar surface area (TPSA) is 48.4 Å². The predicted molar refractivity (Wildman–Crippen MR) is 77.2 cm³/mol. The first-order valence-corrected chi connectivity index (χ1v) is 7.19. The van der Waals surface area contributed by atoms with Crippen molar-refractivity contribution in [3.63, 3.8) is 0 Å². The number of rotatable bonds is 4. The molecule has 0 aliphatic carbocycles. The fourth-order valence-electron chi connectivity index (χ4n) is 2.59. The third-order valence-corrected chi connectivity index (χ3v) is 3.91. The molecule has 4 heteroatoms. The zero-order chi connectivity index (χ0) is 13.8. The van der Waals surface area contributed by atoms with Gasteiger partial charge in [0.05, 0.1) is 5.69 Å². The maximum Gasteiger partial charge on any atom is 0.138 e. The summed E-state index contributed by atoms with van der Waals surface area (Å²) in [4.78, 5) is 6.89. The minimum absolute atomic E-state index is 0.290. The van der Waals surface area contributed by atoms with E-state index >= 15 is 0 Å². The Labute approximate surface area is 115 Å². The Hall–Kier alpha value is -1.13. The van der Waals surface area contributed by atoms with Crippen LogP contribution in [-0.4, -0.2) is 40.2 Å². The summed E-state index contributed by atoms with van der Waals surface area (Å²) < 4.78 is 0. The molecule has 106 valence electrons. The molecule has 0 saturated carbocycles. The minimum atomic E-state index is 0.290. The molecule has 1 fully saturated rings. The molecule has 2 N–H and O–H groups in total. The SMILES string of the molecule is Cc1ccc(O)c(CNC2CCN(C(C)C)CC2)n1. The summed E-state index contributed by atoms with van der Waals surface area (Å²) in [5.74, 6) is 0.290. The van der Waals surface area contributed by atoms with E-state index < -0.39 is 0 Å². The van der Waals surface area contributed by atoms with Gasteiger partial charge in [-0.2, -0.15) is 0 Å². The second kappa shape index (κ2) is 6.35. The van der Waals surface area contributed by atoms with Gasteiger partial charge in [-0.1, -0.05) is 0 Å². The summed E-state index contributed by atoms with van der Waals surface area (Å²) in [5.41, 5.74) is 1.70. The maximum absolute atomic E-state index is 9.77. The van der Waals surface area contributed by atoms with Gasteiger partial charge >= 0.3 is 0 Å². The average Bonchev–Trinajstić information content (AvgIpc) is 2.40. The predicted octanol–water partition coefficient (Wildman–Crippen LogP) is 2.06. The van der Waals surface area contributed by atoms with Crippen LogP contribution < -0.4 is 5.32 Å². The lowest BCUT2D eigenvalue weighted by atomic mass is 10.0. The van der Waals surface area contributed by atoms with Crippen LogP contribution in [0.3, 0.4) is 0 Å². The molecule has 1 aliphatic heterocycles. The summed E-state index contributed by atoms with van der Waals surface area (Å²) in [7, 11) is 0. The molecule has 1 aliphatic rings. The van der Waals surface area contributed by atoms with Crippen molar-refractivity contribution in [2.45, 2.75) is 52.2 Å². The zero-order valence-electron chi connectivity index (χ0n) is 12.2. The summed E-state index contributed by atoms with van der Waals surface area (Å²) >= 11 is 0. The number of likely N-dealkylation sites (tertiary alicyclic amines) is 1. The van der Waals surface area contributed by atoms with E-state index in [9.17, 15) is 5.11 Å². The third kappa shape index (κ3) is 3.91. The fourth-order valence-corrected chi connectivity index (χ4v) is 2.59. The van der Waals surface area contributed by atoms with Crippen molar-refractivity contribution >= 4 is 0 Å². The molecule has 2 rings (SSSR count). The van der Waals surface area contributed by atoms with Crippen LogP contribution in [0.4, 0.5) is 0 Å². The van der Waals surface area contributed by atoms with Crippen LogP contribution >= 0.6 is 0 Å². The van der Waals surface area contributed by atoms with Gasteiger partial charge in [0.15, 0.2) is 0 Å². The lowest BCUT2D eigenvalue weighted by Gasteiger charge is -2.35. The monoisotopic (exact) mass is 263 g/mol. The summed E-state index contributed by atoms with van der Waals surface area (Å²) in [6, 6.07) is 4.74. The van der Waals surface area contributed by atoms with Gasteiger partial charge in [0.1, 0.15) is 5.75 Å². The van der Waals surface area contributed by atoms with E-state index in [1.807, 2.05) is 13.0 Å². The smallest absolute Gasteiger partial charge is 0.138 e. The highest BCUT2D eigenvalue weighted by molar-refractivity contribution is 5.27. The molecule has 0 amide bonds. The van der Waals surface area contributed by atoms with Gasteiger partial charge in [0.25, 0.3) is 0 Å². The third-order valence-electron chi connectivity index (χ3n) is 3.91. The zero-order valence-corrected chi connectivity index (χ0v) is 12.2. The van der Waals surface area contributed by atoms with E-state index in [2.05, 4.69) is 29.0 Å². The summed E-state index contributed by atoms with van der Waals surface area (Å²) in [5, 5.41) is 13.3. The van der Waals surface area contributed by atoms with Crippen molar-refractivity contribution in [2.75, 3.05) is 13.1 Å². The van der Waals surface area contributed by atoms with Gasteiger partial charge in [-0.05, 0) is 58.8 Å². The molecule has 0 unspecified atom stereocenters. The summed E-state index contributed by atoms with van der Waals surface area (Å²) in [6.45, 7) is 9.42. The van der Waals surface area contributed by atoms with Gasteiger partial charge in [-0.25, -0.2) is 0 Å². The molecule has 0 bridgehead atoms. The number of aryl methyl sites for hydroxylation is 1. The highest BCUT2D eigenvalue weighted by Crippen LogP contribution is 2.17. The van der Waals surface area contributed by atoms with Crippen molar-refractivity contribution < 1.29 is 5.11 Å². The first-order chi connectivity index (χ1) is 9.06. The number of aromatic hydroxyl groups is 1. The van der Waals surface area contributed by atoms with Crippen molar-refractivity contribution in [1.29, 1.82) is 0 Å². The van der Waals surface area contributed by atoms with Crippen molar-refractivity contribution in [2.24, 2.45) is 0 Å². The van der Waals surface area contributed by atoms with Crippen molar-refractivity contribution in [3.05, 3.63) is 23.5 Å². The molecule has 1 saturated heterocycles. The Bertz CT molecular complexity index is 412. The molecule has 4 nitrogen and oxygen atoms in total. The van der Waals surface area contributed by atoms with Gasteiger partial charge < -0.3 is 15.3 Å². The Morgan fingerprint density at radius 2 is 2.05 bits per heavy atom. The second-order valence-corrected chi connectivity index (χ2v) is 5.70. The Balaban J connectivity index is 1.82. The molecule has 0 spiro atoms. The number of hydrogen-bond donors (Lipinski definition) is 2. The Morgan fingerprint density at radius 1 is 1.37 bits per heavy atom. The first-order valence-electron chi connectivity index (χ1n) is 7.19. The van der Waals surface area contributed by atoms with Crippen LogP contribution in [-0.2, 0) is 6.54 Å². The molecule has 19 heavy (non-hydrogen) atoms. The average molecular weight is 263 g/mol. The molecule has 0 radical (unpaired) electrons. The van der Waals surface area contributed by atoms with Crippen molar-refractivity contribution in [1.82, 2.24) is 15.2 Å². The van der Waals surface area contributed by atoms with Crippen molar-refractivity contribution in [3.8, 4) is 5.75 Å². The van der Waals surface area contributed by atoms with Gasteiger partial charge in [-0.15, -0.1) is 0 Å². The highest BCUT2D eigenvalue weighted by atomic mass is 16.3. The lowest BCUT2D eigenvalue weighted by molar-refractivity contribution is 0.160. The Kier molecular flexibility index (Phi) is 4.77. The lowest BCUT2D eigenvalue weighted by Crippen LogP contribution is -2.44. The van der Waals surface area contributed by atoms with E-state index in [0.717, 1.165) is 24.5 Å². The van der Waals surface area contributed by atoms with Crippen LogP contribution in [0.25, 0.3) is 0 Å². The van der Waals surface area contributed by atoms with Crippen LogP contribution in [0.1, 0.15) is 38.1 Å². The number of piperidine rings is 1. The molecule has 0 atom stereocenters. The Morgan fingerprint density at radius 3 is 2.68 bits per heavy atom. The number of aromatic nitrogens is 1. The molecular formula is C15H25N3O. The summed E-state index contributed by atoms with van der Waals surface area (Å²) in [6.07, 6.45) is 2.34. The molecule has 2 heterocycles. The largest absolute Gasteiger partial charge is 0.506 e. The normalized spacial score (nSPS) is 18.1. The standard InChI is InChI=1S/C15H25N3O/c1-11(2)18-8-6-13(7-9-18)16-10-14-15(19)5-4-12(3)17-14/h4-5,11,13,16,19H,6-10H2,1-3H3. The van der Waals surface area contributed by atoms with Crippen LogP contribution in [0.15, 0.2) is 12.1 Å². The molecular weight excluding hydrogens is 238 g/mol. The number of hydrogen-bond acceptors (Lipinski definition) is 4. The van der Waals surface area contributed by atoms with E-state index in [1.165, 1.54) is 12.8 Å². The minimum Gasteiger partial charge on any atom is -0.506 e. The van der Waals surface area contributed by atoms with E-state index in [4.69, 9.17) is 0 Å². The highest BCUT2D eigenvalue weighted by Gasteiger charge is 2.20. The van der Waals surface area contributed by atoms with Crippen LogP contribution in [0.5, 0.6) is 5.75 Å². The van der Waals surface area contributed by atoms with E-state index in [0.29, 0.717) is 18.6 Å². The number of nitrogens with zero attached hydrogens (tertiary/aromatic N) is 2. The number of nitrogens with one attached hydrogen (secondary N) is 1. The molecule has 0 aromatic carbocycles. The van der Waals surface area contributed by atoms with Crippen LogP contribution in [0, 0.1) is 6.92 Å².